The highest BCUT2D eigenvalue weighted by atomic mass is 16.2. The van der Waals surface area contributed by atoms with Gasteiger partial charge in [0, 0.05) is 24.3 Å². The van der Waals surface area contributed by atoms with Crippen LogP contribution in [0.25, 0.3) is 0 Å². The number of amides is 1. The predicted octanol–water partition coefficient (Wildman–Crippen LogP) is 2.74. The van der Waals surface area contributed by atoms with Crippen LogP contribution in [0.15, 0.2) is 18.2 Å². The number of nitrogens with two attached hydrogens (primary N) is 1. The van der Waals surface area contributed by atoms with Crippen molar-refractivity contribution in [3.05, 3.63) is 23.8 Å². The number of fused-ring (bicyclic) bond motifs is 1. The molecule has 1 amide bonds. The average molecular weight is 232 g/mol. The van der Waals surface area contributed by atoms with E-state index in [-0.39, 0.29) is 5.91 Å². The Balaban J connectivity index is 2.22. The molecule has 3 nitrogen and oxygen atoms in total. The Labute approximate surface area is 103 Å². The van der Waals surface area contributed by atoms with E-state index in [2.05, 4.69) is 6.92 Å². The van der Waals surface area contributed by atoms with E-state index >= 15 is 0 Å². The van der Waals surface area contributed by atoms with Crippen LogP contribution in [0.4, 0.5) is 11.4 Å². The van der Waals surface area contributed by atoms with Crippen LogP contribution in [0.5, 0.6) is 0 Å². The van der Waals surface area contributed by atoms with E-state index in [1.807, 2.05) is 23.1 Å². The lowest BCUT2D eigenvalue weighted by Gasteiger charge is -2.30. The normalized spacial score (nSPS) is 14.5. The number of benzene rings is 1. The zero-order valence-electron chi connectivity index (χ0n) is 10.4. The molecule has 2 N–H and O–H groups in total. The van der Waals surface area contributed by atoms with E-state index in [1.165, 1.54) is 0 Å². The molecular formula is C14H20N2O. The molecule has 0 saturated heterocycles. The predicted molar refractivity (Wildman–Crippen MR) is 71.1 cm³/mol. The minimum Gasteiger partial charge on any atom is -0.398 e. The maximum atomic E-state index is 12.1. The number of rotatable bonds is 3. The molecule has 3 heteroatoms. The van der Waals surface area contributed by atoms with Crippen LogP contribution in [-0.2, 0) is 11.2 Å². The van der Waals surface area contributed by atoms with E-state index in [1.54, 1.807) is 0 Å². The summed E-state index contributed by atoms with van der Waals surface area (Å²) in [5.74, 6) is 0.235. The highest BCUT2D eigenvalue weighted by Gasteiger charge is 2.22. The van der Waals surface area contributed by atoms with Crippen molar-refractivity contribution in [3.63, 3.8) is 0 Å². The quantitative estimate of drug-likeness (QED) is 0.814. The molecule has 0 radical (unpaired) electrons. The van der Waals surface area contributed by atoms with Gasteiger partial charge >= 0.3 is 0 Å². The molecule has 0 spiro atoms. The number of unbranched alkanes of at least 4 members (excludes halogenated alkanes) is 1. The van der Waals surface area contributed by atoms with E-state index < -0.39 is 0 Å². The third kappa shape index (κ3) is 2.43. The van der Waals surface area contributed by atoms with Crippen LogP contribution in [-0.4, -0.2) is 12.5 Å². The van der Waals surface area contributed by atoms with Gasteiger partial charge in [0.2, 0.25) is 5.91 Å². The summed E-state index contributed by atoms with van der Waals surface area (Å²) in [6, 6.07) is 5.85. The van der Waals surface area contributed by atoms with Gasteiger partial charge in [-0.3, -0.25) is 4.79 Å². The van der Waals surface area contributed by atoms with Crippen LogP contribution < -0.4 is 10.6 Å². The number of hydrogen-bond donors (Lipinski definition) is 1. The first-order chi connectivity index (χ1) is 8.24. The van der Waals surface area contributed by atoms with Crippen molar-refractivity contribution in [3.8, 4) is 0 Å². The van der Waals surface area contributed by atoms with Gasteiger partial charge in [-0.25, -0.2) is 0 Å². The van der Waals surface area contributed by atoms with Crippen molar-refractivity contribution < 1.29 is 4.79 Å². The van der Waals surface area contributed by atoms with Gasteiger partial charge in [0.1, 0.15) is 0 Å². The van der Waals surface area contributed by atoms with Crippen LogP contribution in [0.3, 0.4) is 0 Å². The molecule has 0 saturated carbocycles. The van der Waals surface area contributed by atoms with Crippen molar-refractivity contribution in [1.82, 2.24) is 0 Å². The lowest BCUT2D eigenvalue weighted by molar-refractivity contribution is -0.118. The molecule has 0 atom stereocenters. The van der Waals surface area contributed by atoms with E-state index in [0.29, 0.717) is 6.42 Å². The molecular weight excluding hydrogens is 212 g/mol. The molecule has 1 heterocycles. The third-order valence-corrected chi connectivity index (χ3v) is 3.33. The molecule has 0 aliphatic carbocycles. The minimum absolute atomic E-state index is 0.235. The summed E-state index contributed by atoms with van der Waals surface area (Å²) in [5.41, 5.74) is 8.95. The molecule has 1 aliphatic rings. The Bertz CT molecular complexity index is 415. The van der Waals surface area contributed by atoms with Crippen LogP contribution in [0.2, 0.25) is 0 Å². The van der Waals surface area contributed by atoms with E-state index in [9.17, 15) is 4.79 Å². The molecule has 0 unspecified atom stereocenters. The largest absolute Gasteiger partial charge is 0.398 e. The summed E-state index contributed by atoms with van der Waals surface area (Å²) in [6.45, 7) is 2.94. The second-order valence-corrected chi connectivity index (χ2v) is 4.60. The molecule has 2 rings (SSSR count). The first-order valence-electron chi connectivity index (χ1n) is 6.41. The van der Waals surface area contributed by atoms with Gasteiger partial charge in [-0.2, -0.15) is 0 Å². The average Bonchev–Trinajstić information content (AvgIpc) is 2.36. The standard InChI is InChI=1S/C14H20N2O/c1-2-3-9-14(17)16-10-5-6-11-12(15)7-4-8-13(11)16/h4,7-8H,2-3,5-6,9-10,15H2,1H3. The topological polar surface area (TPSA) is 46.3 Å². The molecule has 1 aromatic rings. The van der Waals surface area contributed by atoms with Gasteiger partial charge in [0.15, 0.2) is 0 Å². The maximum Gasteiger partial charge on any atom is 0.226 e. The lowest BCUT2D eigenvalue weighted by atomic mass is 9.99. The molecule has 1 aliphatic heterocycles. The zero-order valence-corrected chi connectivity index (χ0v) is 10.4. The van der Waals surface area contributed by atoms with Crippen LogP contribution in [0, 0.1) is 0 Å². The number of anilines is 2. The SMILES string of the molecule is CCCCC(=O)N1CCCc2c(N)cccc21. The minimum atomic E-state index is 0.235. The molecule has 17 heavy (non-hydrogen) atoms. The van der Waals surface area contributed by atoms with Crippen molar-refractivity contribution in [2.24, 2.45) is 0 Å². The first-order valence-corrected chi connectivity index (χ1v) is 6.41. The molecule has 1 aromatic carbocycles. The molecule has 92 valence electrons. The fraction of sp³-hybridized carbons (Fsp3) is 0.500. The smallest absolute Gasteiger partial charge is 0.226 e. The molecule has 0 bridgehead atoms. The van der Waals surface area contributed by atoms with Gasteiger partial charge in [0.05, 0.1) is 0 Å². The van der Waals surface area contributed by atoms with Gasteiger partial charge in [-0.1, -0.05) is 19.4 Å². The van der Waals surface area contributed by atoms with Gasteiger partial charge < -0.3 is 10.6 Å². The van der Waals surface area contributed by atoms with E-state index in [0.717, 1.165) is 49.2 Å². The number of carbonyl (C=O) groups is 1. The summed E-state index contributed by atoms with van der Waals surface area (Å²) in [4.78, 5) is 14.0. The maximum absolute atomic E-state index is 12.1. The van der Waals surface area contributed by atoms with Gasteiger partial charge in [-0.05, 0) is 37.0 Å². The second-order valence-electron chi connectivity index (χ2n) is 4.60. The van der Waals surface area contributed by atoms with Gasteiger partial charge in [0.25, 0.3) is 0 Å². The Hall–Kier alpha value is -1.51. The van der Waals surface area contributed by atoms with Gasteiger partial charge in [-0.15, -0.1) is 0 Å². The van der Waals surface area contributed by atoms with Crippen LogP contribution in [0.1, 0.15) is 38.2 Å². The monoisotopic (exact) mass is 232 g/mol. The number of nitrogens with zero attached hydrogens (tertiary/aromatic N) is 1. The fourth-order valence-electron chi connectivity index (χ4n) is 2.37. The Morgan fingerprint density at radius 1 is 1.47 bits per heavy atom. The first kappa shape index (κ1) is 12.0. The van der Waals surface area contributed by atoms with Crippen molar-refractivity contribution in [1.29, 1.82) is 0 Å². The van der Waals surface area contributed by atoms with Crippen molar-refractivity contribution >= 4 is 17.3 Å². The fourth-order valence-corrected chi connectivity index (χ4v) is 2.37. The lowest BCUT2D eigenvalue weighted by Crippen LogP contribution is -2.35. The van der Waals surface area contributed by atoms with Crippen molar-refractivity contribution in [2.75, 3.05) is 17.2 Å². The highest BCUT2D eigenvalue weighted by molar-refractivity contribution is 5.95. The zero-order chi connectivity index (χ0) is 12.3. The van der Waals surface area contributed by atoms with Crippen LogP contribution >= 0.6 is 0 Å². The summed E-state index contributed by atoms with van der Waals surface area (Å²) in [7, 11) is 0. The highest BCUT2D eigenvalue weighted by Crippen LogP contribution is 2.31. The Morgan fingerprint density at radius 2 is 2.29 bits per heavy atom. The summed E-state index contributed by atoms with van der Waals surface area (Å²) < 4.78 is 0. The second kappa shape index (κ2) is 5.21. The molecule has 0 aromatic heterocycles. The number of carbonyl (C=O) groups excluding carboxylic acids is 1. The summed E-state index contributed by atoms with van der Waals surface area (Å²) >= 11 is 0. The number of nitrogen functional groups attached to an aromatic ring is 1. The Kier molecular flexibility index (Phi) is 3.67. The van der Waals surface area contributed by atoms with Crippen molar-refractivity contribution in [2.45, 2.75) is 39.0 Å². The van der Waals surface area contributed by atoms with E-state index in [4.69, 9.17) is 5.73 Å². The summed E-state index contributed by atoms with van der Waals surface area (Å²) in [6.07, 6.45) is 4.67. The Morgan fingerprint density at radius 3 is 3.06 bits per heavy atom. The summed E-state index contributed by atoms with van der Waals surface area (Å²) in [5, 5.41) is 0. The number of hydrogen-bond acceptors (Lipinski definition) is 2. The molecule has 0 fully saturated rings. The third-order valence-electron chi connectivity index (χ3n) is 3.33.